The van der Waals surface area contributed by atoms with E-state index in [1.165, 1.54) is 22.3 Å². The molecule has 0 bridgehead atoms. The largest absolute Gasteiger partial charge is 0.356 e. The van der Waals surface area contributed by atoms with Crippen molar-refractivity contribution in [1.29, 1.82) is 0 Å². The topological polar surface area (TPSA) is 45.2 Å². The Bertz CT molecular complexity index is 925. The first-order chi connectivity index (χ1) is 14.2. The van der Waals surface area contributed by atoms with Gasteiger partial charge in [0.15, 0.2) is 0 Å². The van der Waals surface area contributed by atoms with E-state index in [2.05, 4.69) is 62.4 Å². The Hall–Kier alpha value is -2.50. The Morgan fingerprint density at radius 2 is 2.03 bits per heavy atom. The fraction of sp³-hybridized carbons (Fsp3) is 0.333. The molecule has 1 aromatic carbocycles. The summed E-state index contributed by atoms with van der Waals surface area (Å²) in [6.45, 7) is 5.20. The van der Waals surface area contributed by atoms with Gasteiger partial charge in [-0.3, -0.25) is 14.7 Å². The van der Waals surface area contributed by atoms with Crippen LogP contribution >= 0.6 is 11.3 Å². The zero-order valence-corrected chi connectivity index (χ0v) is 17.6. The number of hydrogen-bond donors (Lipinski definition) is 1. The Labute approximate surface area is 176 Å². The third kappa shape index (κ3) is 4.57. The van der Waals surface area contributed by atoms with Gasteiger partial charge in [-0.05, 0) is 71.5 Å². The fourth-order valence-electron chi connectivity index (χ4n) is 4.24. The predicted molar refractivity (Wildman–Crippen MR) is 119 cm³/mol. The summed E-state index contributed by atoms with van der Waals surface area (Å²) in [6.07, 6.45) is 5.36. The second kappa shape index (κ2) is 8.89. The quantitative estimate of drug-likeness (QED) is 0.634. The summed E-state index contributed by atoms with van der Waals surface area (Å²) in [5.74, 6) is 0.176. The van der Waals surface area contributed by atoms with Gasteiger partial charge in [-0.25, -0.2) is 0 Å². The summed E-state index contributed by atoms with van der Waals surface area (Å²) < 4.78 is 0. The van der Waals surface area contributed by atoms with E-state index < -0.39 is 0 Å². The van der Waals surface area contributed by atoms with Crippen molar-refractivity contribution in [2.24, 2.45) is 5.41 Å². The van der Waals surface area contributed by atoms with E-state index in [9.17, 15) is 4.79 Å². The molecular weight excluding hydrogens is 378 g/mol. The maximum absolute atomic E-state index is 13.1. The lowest BCUT2D eigenvalue weighted by molar-refractivity contribution is -0.130. The van der Waals surface area contributed by atoms with Gasteiger partial charge in [-0.15, -0.1) is 0 Å². The highest BCUT2D eigenvalue weighted by molar-refractivity contribution is 7.08. The highest BCUT2D eigenvalue weighted by Gasteiger charge is 2.44. The number of aromatic nitrogens is 1. The SMILES string of the molecule is CCNC(=O)[C@]1(Cc2ccc(-c3ccsc3)cc2)CCN(Cc2cccnc2)C1. The van der Waals surface area contributed by atoms with Crippen molar-refractivity contribution in [3.8, 4) is 11.1 Å². The van der Waals surface area contributed by atoms with E-state index in [-0.39, 0.29) is 11.3 Å². The summed E-state index contributed by atoms with van der Waals surface area (Å²) >= 11 is 1.71. The molecule has 4 rings (SSSR count). The number of rotatable bonds is 7. The summed E-state index contributed by atoms with van der Waals surface area (Å²) in [7, 11) is 0. The molecule has 0 aliphatic carbocycles. The zero-order chi connectivity index (χ0) is 20.1. The molecule has 1 atom stereocenters. The number of carbonyl (C=O) groups excluding carboxylic acids is 1. The van der Waals surface area contributed by atoms with Gasteiger partial charge >= 0.3 is 0 Å². The van der Waals surface area contributed by atoms with Crippen LogP contribution in [0, 0.1) is 5.41 Å². The molecule has 5 heteroatoms. The van der Waals surface area contributed by atoms with Gasteiger partial charge in [0.25, 0.3) is 0 Å². The van der Waals surface area contributed by atoms with E-state index in [1.54, 1.807) is 17.5 Å². The molecule has 1 aliphatic rings. The van der Waals surface area contributed by atoms with Crippen LogP contribution in [-0.4, -0.2) is 35.4 Å². The fourth-order valence-corrected chi connectivity index (χ4v) is 4.90. The minimum absolute atomic E-state index is 0.176. The van der Waals surface area contributed by atoms with Crippen LogP contribution < -0.4 is 5.32 Å². The monoisotopic (exact) mass is 405 g/mol. The standard InChI is InChI=1S/C24H27N3OS/c1-2-26-23(28)24(10-12-27(18-24)16-20-4-3-11-25-15-20)14-19-5-7-21(8-6-19)22-9-13-29-17-22/h3-9,11,13,15,17H,2,10,12,14,16,18H2,1H3,(H,26,28)/t24-/m0/s1. The second-order valence-electron chi connectivity index (χ2n) is 7.85. The van der Waals surface area contributed by atoms with Crippen LogP contribution in [0.2, 0.25) is 0 Å². The Kier molecular flexibility index (Phi) is 6.07. The first kappa shape index (κ1) is 19.8. The molecule has 150 valence electrons. The number of hydrogen-bond acceptors (Lipinski definition) is 4. The summed E-state index contributed by atoms with van der Waals surface area (Å²) in [5, 5.41) is 7.36. The Morgan fingerprint density at radius 3 is 2.72 bits per heavy atom. The molecule has 0 saturated carbocycles. The van der Waals surface area contributed by atoms with Crippen LogP contribution in [0.1, 0.15) is 24.5 Å². The molecule has 1 aliphatic heterocycles. The molecule has 1 N–H and O–H groups in total. The lowest BCUT2D eigenvalue weighted by Crippen LogP contribution is -2.44. The molecule has 29 heavy (non-hydrogen) atoms. The highest BCUT2D eigenvalue weighted by atomic mass is 32.1. The number of amides is 1. The van der Waals surface area contributed by atoms with Crippen molar-refractivity contribution in [3.05, 3.63) is 76.7 Å². The van der Waals surface area contributed by atoms with Crippen LogP contribution in [0.15, 0.2) is 65.6 Å². The minimum Gasteiger partial charge on any atom is -0.356 e. The van der Waals surface area contributed by atoms with Crippen LogP contribution in [0.5, 0.6) is 0 Å². The molecule has 1 amide bonds. The van der Waals surface area contributed by atoms with Crippen molar-refractivity contribution in [2.45, 2.75) is 26.3 Å². The zero-order valence-electron chi connectivity index (χ0n) is 16.8. The molecule has 3 heterocycles. The predicted octanol–water partition coefficient (Wildman–Crippen LogP) is 4.38. The van der Waals surface area contributed by atoms with Crippen molar-refractivity contribution < 1.29 is 4.79 Å². The van der Waals surface area contributed by atoms with E-state index in [0.29, 0.717) is 6.54 Å². The van der Waals surface area contributed by atoms with E-state index in [0.717, 1.165) is 32.5 Å². The molecule has 4 nitrogen and oxygen atoms in total. The number of nitrogens with zero attached hydrogens (tertiary/aromatic N) is 2. The molecule has 2 aromatic heterocycles. The van der Waals surface area contributed by atoms with Crippen molar-refractivity contribution in [3.63, 3.8) is 0 Å². The number of likely N-dealkylation sites (tertiary alicyclic amines) is 1. The summed E-state index contributed by atoms with van der Waals surface area (Å²) in [5.41, 5.74) is 4.52. The number of carbonyl (C=O) groups is 1. The normalized spacial score (nSPS) is 19.3. The highest BCUT2D eigenvalue weighted by Crippen LogP contribution is 2.36. The third-order valence-electron chi connectivity index (χ3n) is 5.73. The molecule has 0 unspecified atom stereocenters. The average molecular weight is 406 g/mol. The van der Waals surface area contributed by atoms with Gasteiger partial charge in [0, 0.05) is 32.0 Å². The summed E-state index contributed by atoms with van der Waals surface area (Å²) in [4.78, 5) is 19.7. The maximum atomic E-state index is 13.1. The van der Waals surface area contributed by atoms with E-state index in [4.69, 9.17) is 0 Å². The van der Waals surface area contributed by atoms with Crippen molar-refractivity contribution in [1.82, 2.24) is 15.2 Å². The van der Waals surface area contributed by atoms with Gasteiger partial charge in [-0.2, -0.15) is 11.3 Å². The Balaban J connectivity index is 1.50. The van der Waals surface area contributed by atoms with Gasteiger partial charge in [0.1, 0.15) is 0 Å². The first-order valence-corrected chi connectivity index (χ1v) is 11.1. The maximum Gasteiger partial charge on any atom is 0.227 e. The molecule has 1 saturated heterocycles. The second-order valence-corrected chi connectivity index (χ2v) is 8.63. The number of benzene rings is 1. The average Bonchev–Trinajstić information content (AvgIpc) is 3.41. The molecule has 1 fully saturated rings. The van der Waals surface area contributed by atoms with Crippen LogP contribution in [0.4, 0.5) is 0 Å². The molecule has 0 radical (unpaired) electrons. The molecular formula is C24H27N3OS. The Morgan fingerprint density at radius 1 is 1.17 bits per heavy atom. The van der Waals surface area contributed by atoms with Gasteiger partial charge in [0.2, 0.25) is 5.91 Å². The molecule has 3 aromatic rings. The van der Waals surface area contributed by atoms with Gasteiger partial charge in [0.05, 0.1) is 5.41 Å². The van der Waals surface area contributed by atoms with Crippen LogP contribution in [-0.2, 0) is 17.8 Å². The van der Waals surface area contributed by atoms with Crippen LogP contribution in [0.3, 0.4) is 0 Å². The lowest BCUT2D eigenvalue weighted by atomic mass is 9.79. The number of thiophene rings is 1. The summed E-state index contributed by atoms with van der Waals surface area (Å²) in [6, 6.07) is 14.9. The smallest absolute Gasteiger partial charge is 0.227 e. The van der Waals surface area contributed by atoms with Gasteiger partial charge < -0.3 is 5.32 Å². The van der Waals surface area contributed by atoms with Crippen molar-refractivity contribution >= 4 is 17.2 Å². The third-order valence-corrected chi connectivity index (χ3v) is 6.42. The lowest BCUT2D eigenvalue weighted by Gasteiger charge is -2.28. The van der Waals surface area contributed by atoms with E-state index in [1.807, 2.05) is 19.2 Å². The minimum atomic E-state index is -0.373. The molecule has 0 spiro atoms. The van der Waals surface area contributed by atoms with E-state index >= 15 is 0 Å². The first-order valence-electron chi connectivity index (χ1n) is 10.2. The van der Waals surface area contributed by atoms with Gasteiger partial charge in [-0.1, -0.05) is 30.3 Å². The number of nitrogens with one attached hydrogen (secondary N) is 1. The van der Waals surface area contributed by atoms with Crippen molar-refractivity contribution in [2.75, 3.05) is 19.6 Å². The van der Waals surface area contributed by atoms with Crippen LogP contribution in [0.25, 0.3) is 11.1 Å². The number of pyridine rings is 1.